The largest absolute Gasteiger partial charge is 0.489 e. The summed E-state index contributed by atoms with van der Waals surface area (Å²) in [6.45, 7) is 0.120. The Morgan fingerprint density at radius 1 is 1.00 bits per heavy atom. The molecule has 30 heavy (non-hydrogen) atoms. The molecule has 0 spiro atoms. The van der Waals surface area contributed by atoms with Gasteiger partial charge in [-0.1, -0.05) is 29.6 Å². The van der Waals surface area contributed by atoms with Crippen LogP contribution in [0.3, 0.4) is 0 Å². The van der Waals surface area contributed by atoms with Crippen LogP contribution in [-0.4, -0.2) is 16.9 Å². The van der Waals surface area contributed by atoms with Crippen molar-refractivity contribution in [1.29, 1.82) is 0 Å². The van der Waals surface area contributed by atoms with Crippen LogP contribution in [0.1, 0.15) is 59.5 Å². The molecule has 2 saturated carbocycles. The average molecular weight is 451 g/mol. The number of carbonyl (C=O) groups excluding carboxylic acids is 1. The molecule has 0 heterocycles. The van der Waals surface area contributed by atoms with Crippen LogP contribution in [0.5, 0.6) is 5.75 Å². The van der Waals surface area contributed by atoms with Crippen LogP contribution < -0.4 is 4.74 Å². The van der Waals surface area contributed by atoms with Crippen molar-refractivity contribution in [3.63, 3.8) is 0 Å². The number of carboxylic acids is 1. The van der Waals surface area contributed by atoms with E-state index in [9.17, 15) is 19.1 Å². The van der Waals surface area contributed by atoms with Gasteiger partial charge >= 0.3 is 5.97 Å². The third kappa shape index (κ3) is 4.47. The minimum absolute atomic E-state index is 0.00963. The second-order valence-corrected chi connectivity index (χ2v) is 8.92. The fraction of sp³-hybridized carbons (Fsp3) is 0.391. The van der Waals surface area contributed by atoms with Gasteiger partial charge in [-0.25, -0.2) is 4.39 Å². The fourth-order valence-corrected chi connectivity index (χ4v) is 4.77. The standard InChI is InChI=1S/C23H21Cl2FO4/c24-14-7-15(25)9-16(8-14)30-11-13-6-21(26)20(10-19(13)12-4-5-12)22(27)17-2-1-3-18(17)23(28)29/h6-10,12,17-18H,1-5,11H2,(H,28,29)/t17-,18-/m1/s1. The number of carboxylic acid groups (broad SMARTS) is 1. The van der Waals surface area contributed by atoms with Gasteiger partial charge in [-0.15, -0.1) is 0 Å². The van der Waals surface area contributed by atoms with Crippen molar-refractivity contribution in [3.05, 3.63) is 62.9 Å². The van der Waals surface area contributed by atoms with Gasteiger partial charge in [0.1, 0.15) is 18.2 Å². The lowest BCUT2D eigenvalue weighted by Crippen LogP contribution is -2.26. The van der Waals surface area contributed by atoms with Gasteiger partial charge in [0.15, 0.2) is 5.78 Å². The number of aliphatic carboxylic acids is 1. The third-order valence-electron chi connectivity index (χ3n) is 5.91. The summed E-state index contributed by atoms with van der Waals surface area (Å²) in [5, 5.41) is 10.3. The quantitative estimate of drug-likeness (QED) is 0.504. The van der Waals surface area contributed by atoms with Crippen LogP contribution >= 0.6 is 23.2 Å². The summed E-state index contributed by atoms with van der Waals surface area (Å²) in [5.41, 5.74) is 1.55. The number of benzene rings is 2. The number of Topliss-reactive ketones (excluding diaryl/α,β-unsaturated/α-hetero) is 1. The molecule has 7 heteroatoms. The SMILES string of the molecule is O=C(O)[C@@H]1CCC[C@H]1C(=O)c1cc(C2CC2)c(COc2cc(Cl)cc(Cl)c2)cc1F. The Labute approximate surface area is 183 Å². The highest BCUT2D eigenvalue weighted by molar-refractivity contribution is 6.34. The number of hydrogen-bond acceptors (Lipinski definition) is 3. The maximum absolute atomic E-state index is 14.9. The molecule has 0 saturated heterocycles. The smallest absolute Gasteiger partial charge is 0.307 e. The summed E-state index contributed by atoms with van der Waals surface area (Å²) in [6, 6.07) is 7.81. The van der Waals surface area contributed by atoms with Crippen LogP contribution in [0.2, 0.25) is 10.0 Å². The van der Waals surface area contributed by atoms with Crippen molar-refractivity contribution >= 4 is 35.0 Å². The first-order valence-electron chi connectivity index (χ1n) is 10.0. The predicted octanol–water partition coefficient (Wildman–Crippen LogP) is 6.27. The number of ketones is 1. The maximum atomic E-state index is 14.9. The van der Waals surface area contributed by atoms with Gasteiger partial charge in [-0.3, -0.25) is 9.59 Å². The van der Waals surface area contributed by atoms with Crippen molar-refractivity contribution in [2.75, 3.05) is 0 Å². The summed E-state index contributed by atoms with van der Waals surface area (Å²) in [5.74, 6) is -2.70. The Balaban J connectivity index is 1.60. The maximum Gasteiger partial charge on any atom is 0.307 e. The molecule has 2 aliphatic carbocycles. The molecule has 2 atom stereocenters. The highest BCUT2D eigenvalue weighted by atomic mass is 35.5. The van der Waals surface area contributed by atoms with E-state index in [1.807, 2.05) is 0 Å². The molecule has 2 aliphatic rings. The molecule has 0 bridgehead atoms. The Bertz CT molecular complexity index is 983. The van der Waals surface area contributed by atoms with Crippen LogP contribution in [-0.2, 0) is 11.4 Å². The molecule has 158 valence electrons. The minimum Gasteiger partial charge on any atom is -0.489 e. The Morgan fingerprint density at radius 3 is 2.30 bits per heavy atom. The molecule has 0 unspecified atom stereocenters. The zero-order valence-corrected chi connectivity index (χ0v) is 17.7. The molecule has 0 aliphatic heterocycles. The lowest BCUT2D eigenvalue weighted by Gasteiger charge is -2.18. The van der Waals surface area contributed by atoms with Gasteiger partial charge in [0.25, 0.3) is 0 Å². The van der Waals surface area contributed by atoms with Crippen molar-refractivity contribution in [3.8, 4) is 5.75 Å². The van der Waals surface area contributed by atoms with Crippen molar-refractivity contribution < 1.29 is 23.8 Å². The topological polar surface area (TPSA) is 63.6 Å². The van der Waals surface area contributed by atoms with Gasteiger partial charge in [0.2, 0.25) is 0 Å². The molecular weight excluding hydrogens is 430 g/mol. The zero-order valence-electron chi connectivity index (χ0n) is 16.2. The molecule has 1 N–H and O–H groups in total. The van der Waals surface area contributed by atoms with Crippen LogP contribution in [0.15, 0.2) is 30.3 Å². The Morgan fingerprint density at radius 2 is 1.67 bits per heavy atom. The number of hydrogen-bond donors (Lipinski definition) is 1. The van der Waals surface area contributed by atoms with E-state index in [0.29, 0.717) is 40.6 Å². The molecule has 4 nitrogen and oxygen atoms in total. The second-order valence-electron chi connectivity index (χ2n) is 8.05. The number of ether oxygens (including phenoxy) is 1. The Hall–Kier alpha value is -2.11. The third-order valence-corrected chi connectivity index (χ3v) is 6.35. The van der Waals surface area contributed by atoms with E-state index in [1.54, 1.807) is 24.3 Å². The zero-order chi connectivity index (χ0) is 21.4. The molecule has 2 aromatic carbocycles. The summed E-state index contributed by atoms with van der Waals surface area (Å²) in [7, 11) is 0. The lowest BCUT2D eigenvalue weighted by atomic mass is 9.86. The van der Waals surface area contributed by atoms with Gasteiger partial charge in [0.05, 0.1) is 11.5 Å². The van der Waals surface area contributed by atoms with E-state index < -0.39 is 29.4 Å². The highest BCUT2D eigenvalue weighted by Crippen LogP contribution is 2.43. The molecule has 0 amide bonds. The highest BCUT2D eigenvalue weighted by Gasteiger charge is 2.39. The van der Waals surface area contributed by atoms with Crippen molar-refractivity contribution in [1.82, 2.24) is 0 Å². The van der Waals surface area contributed by atoms with E-state index in [0.717, 1.165) is 18.4 Å². The second kappa shape index (κ2) is 8.56. The van der Waals surface area contributed by atoms with Gasteiger partial charge < -0.3 is 9.84 Å². The van der Waals surface area contributed by atoms with Crippen LogP contribution in [0.4, 0.5) is 4.39 Å². The molecular formula is C23H21Cl2FO4. The average Bonchev–Trinajstić information content (AvgIpc) is 3.40. The number of rotatable bonds is 7. The van der Waals surface area contributed by atoms with E-state index in [4.69, 9.17) is 27.9 Å². The van der Waals surface area contributed by atoms with E-state index in [-0.39, 0.29) is 18.1 Å². The monoisotopic (exact) mass is 450 g/mol. The van der Waals surface area contributed by atoms with E-state index in [1.165, 1.54) is 6.07 Å². The molecule has 2 aromatic rings. The molecule has 0 radical (unpaired) electrons. The summed E-state index contributed by atoms with van der Waals surface area (Å²) in [4.78, 5) is 24.4. The van der Waals surface area contributed by atoms with Crippen molar-refractivity contribution in [2.24, 2.45) is 11.8 Å². The van der Waals surface area contributed by atoms with Gasteiger partial charge in [-0.05, 0) is 73.1 Å². The molecule has 4 rings (SSSR count). The summed E-state index contributed by atoms with van der Waals surface area (Å²) < 4.78 is 20.7. The van der Waals surface area contributed by atoms with E-state index in [2.05, 4.69) is 0 Å². The predicted molar refractivity (Wildman–Crippen MR) is 112 cm³/mol. The molecule has 2 fully saturated rings. The fourth-order valence-electron chi connectivity index (χ4n) is 4.26. The van der Waals surface area contributed by atoms with Crippen LogP contribution in [0, 0.1) is 17.7 Å². The number of halogens is 3. The lowest BCUT2D eigenvalue weighted by molar-refractivity contribution is -0.142. The normalized spacial score (nSPS) is 20.9. The number of carbonyl (C=O) groups is 2. The first-order valence-corrected chi connectivity index (χ1v) is 10.8. The minimum atomic E-state index is -0.987. The van der Waals surface area contributed by atoms with E-state index >= 15 is 0 Å². The summed E-state index contributed by atoms with van der Waals surface area (Å²) >= 11 is 12.0. The van der Waals surface area contributed by atoms with Crippen molar-refractivity contribution in [2.45, 2.75) is 44.6 Å². The van der Waals surface area contributed by atoms with Gasteiger partial charge in [-0.2, -0.15) is 0 Å². The molecule has 0 aromatic heterocycles. The summed E-state index contributed by atoms with van der Waals surface area (Å²) in [6.07, 6.45) is 3.54. The van der Waals surface area contributed by atoms with Crippen LogP contribution in [0.25, 0.3) is 0 Å². The Kier molecular flexibility index (Phi) is 6.03. The first-order chi connectivity index (χ1) is 14.3. The first kappa shape index (κ1) is 21.1. The van der Waals surface area contributed by atoms with Gasteiger partial charge in [0, 0.05) is 16.0 Å².